The number of amidine groups is 1. The lowest BCUT2D eigenvalue weighted by atomic mass is 10.1. The van der Waals surface area contributed by atoms with Crippen LogP contribution in [0.2, 0.25) is 0 Å². The molecule has 0 fully saturated rings. The maximum absolute atomic E-state index is 12.3. The van der Waals surface area contributed by atoms with Gasteiger partial charge in [-0.15, -0.1) is 0 Å². The van der Waals surface area contributed by atoms with Crippen molar-refractivity contribution in [3.8, 4) is 0 Å². The van der Waals surface area contributed by atoms with E-state index in [-0.39, 0.29) is 18.0 Å². The molecule has 0 saturated heterocycles. The van der Waals surface area contributed by atoms with Crippen molar-refractivity contribution in [2.75, 3.05) is 26.7 Å². The second-order valence-electron chi connectivity index (χ2n) is 5.93. The predicted molar refractivity (Wildman–Crippen MR) is 99.6 cm³/mol. The van der Waals surface area contributed by atoms with Crippen LogP contribution in [-0.2, 0) is 4.74 Å². The van der Waals surface area contributed by atoms with Crippen molar-refractivity contribution in [2.45, 2.75) is 46.6 Å². The Labute approximate surface area is 146 Å². The number of aliphatic imine (C=N–C) groups is 1. The van der Waals surface area contributed by atoms with Gasteiger partial charge in [0.1, 0.15) is 0 Å². The van der Waals surface area contributed by atoms with Crippen LogP contribution in [0.5, 0.6) is 0 Å². The molecule has 1 amide bonds. The van der Waals surface area contributed by atoms with Gasteiger partial charge in [0.05, 0.1) is 13.2 Å². The fraction of sp³-hybridized carbons (Fsp3) is 0.579. The zero-order valence-electron chi connectivity index (χ0n) is 15.6. The Balaban J connectivity index is 2.56. The summed E-state index contributed by atoms with van der Waals surface area (Å²) in [4.78, 5) is 19.2. The first-order chi connectivity index (χ1) is 11.5. The lowest BCUT2D eigenvalue weighted by Crippen LogP contribution is -2.33. The summed E-state index contributed by atoms with van der Waals surface area (Å²) < 4.78 is 5.23. The van der Waals surface area contributed by atoms with Crippen LogP contribution in [0.25, 0.3) is 0 Å². The first-order valence-corrected chi connectivity index (χ1v) is 8.72. The molecule has 1 atom stereocenters. The number of ether oxygens (including phenoxy) is 1. The summed E-state index contributed by atoms with van der Waals surface area (Å²) in [6.45, 7) is 11.5. The van der Waals surface area contributed by atoms with E-state index >= 15 is 0 Å². The molecule has 1 rings (SSSR count). The Morgan fingerprint density at radius 2 is 1.96 bits per heavy atom. The number of benzene rings is 1. The third-order valence-electron chi connectivity index (χ3n) is 4.13. The minimum Gasteiger partial charge on any atom is -0.468 e. The molecule has 0 spiro atoms. The standard InChI is InChI=1S/C19H31N3O2/c1-6-22(7-2)14-10-12-16(4)20-19(24-5)21-18(23)17-13-9-8-11-15(17)3/h8-9,11,13,16H,6-7,10,12,14H2,1-5H3,(H,20,21,23)/t16-/m1/s1. The van der Waals surface area contributed by atoms with Gasteiger partial charge in [0.15, 0.2) is 0 Å². The second-order valence-corrected chi connectivity index (χ2v) is 5.93. The Bertz CT molecular complexity index is 539. The van der Waals surface area contributed by atoms with Crippen LogP contribution >= 0.6 is 0 Å². The van der Waals surface area contributed by atoms with Crippen molar-refractivity contribution in [1.29, 1.82) is 0 Å². The van der Waals surface area contributed by atoms with Gasteiger partial charge < -0.3 is 9.64 Å². The van der Waals surface area contributed by atoms with E-state index in [4.69, 9.17) is 4.74 Å². The fourth-order valence-electron chi connectivity index (χ4n) is 2.54. The molecular formula is C19H31N3O2. The molecule has 0 bridgehead atoms. The number of rotatable bonds is 8. The number of carbonyl (C=O) groups excluding carboxylic acids is 1. The van der Waals surface area contributed by atoms with Crippen LogP contribution in [0.3, 0.4) is 0 Å². The van der Waals surface area contributed by atoms with E-state index in [2.05, 4.69) is 29.1 Å². The van der Waals surface area contributed by atoms with Crippen molar-refractivity contribution in [2.24, 2.45) is 4.99 Å². The molecule has 134 valence electrons. The van der Waals surface area contributed by atoms with E-state index in [9.17, 15) is 4.79 Å². The molecular weight excluding hydrogens is 302 g/mol. The van der Waals surface area contributed by atoms with Gasteiger partial charge in [-0.1, -0.05) is 32.0 Å². The number of nitrogens with one attached hydrogen (secondary N) is 1. The second kappa shape index (κ2) is 10.8. The van der Waals surface area contributed by atoms with Crippen LogP contribution in [-0.4, -0.2) is 49.6 Å². The maximum Gasteiger partial charge on any atom is 0.291 e. The molecule has 1 N–H and O–H groups in total. The van der Waals surface area contributed by atoms with Gasteiger partial charge in [-0.2, -0.15) is 0 Å². The van der Waals surface area contributed by atoms with Gasteiger partial charge in [-0.25, -0.2) is 4.99 Å². The number of hydrogen-bond donors (Lipinski definition) is 1. The largest absolute Gasteiger partial charge is 0.468 e. The number of carbonyl (C=O) groups is 1. The third kappa shape index (κ3) is 6.71. The van der Waals surface area contributed by atoms with Gasteiger partial charge in [0.2, 0.25) is 0 Å². The molecule has 0 aliphatic heterocycles. The molecule has 24 heavy (non-hydrogen) atoms. The number of hydrogen-bond acceptors (Lipinski definition) is 4. The van der Waals surface area contributed by atoms with Crippen LogP contribution < -0.4 is 5.32 Å². The molecule has 1 aromatic rings. The summed E-state index contributed by atoms with van der Waals surface area (Å²) in [5.74, 6) is -0.191. The van der Waals surface area contributed by atoms with Gasteiger partial charge in [0, 0.05) is 5.56 Å². The van der Waals surface area contributed by atoms with E-state index in [1.165, 1.54) is 7.11 Å². The summed E-state index contributed by atoms with van der Waals surface area (Å²) in [7, 11) is 1.53. The molecule has 5 nitrogen and oxygen atoms in total. The summed E-state index contributed by atoms with van der Waals surface area (Å²) in [5, 5.41) is 2.75. The summed E-state index contributed by atoms with van der Waals surface area (Å²) in [6, 6.07) is 7.85. The Kier molecular flexibility index (Phi) is 9.08. The van der Waals surface area contributed by atoms with Crippen molar-refractivity contribution in [1.82, 2.24) is 10.2 Å². The highest BCUT2D eigenvalue weighted by atomic mass is 16.5. The smallest absolute Gasteiger partial charge is 0.291 e. The van der Waals surface area contributed by atoms with Gasteiger partial charge in [0.25, 0.3) is 11.9 Å². The lowest BCUT2D eigenvalue weighted by Gasteiger charge is -2.18. The number of methoxy groups -OCH3 is 1. The highest BCUT2D eigenvalue weighted by molar-refractivity contribution is 6.04. The highest BCUT2D eigenvalue weighted by Gasteiger charge is 2.12. The van der Waals surface area contributed by atoms with Crippen LogP contribution in [0.4, 0.5) is 0 Å². The van der Waals surface area contributed by atoms with Crippen molar-refractivity contribution >= 4 is 11.9 Å². The summed E-state index contributed by atoms with van der Waals surface area (Å²) in [6.07, 6.45) is 2.04. The zero-order valence-corrected chi connectivity index (χ0v) is 15.6. The van der Waals surface area contributed by atoms with E-state index in [0.717, 1.165) is 38.0 Å². The minimum atomic E-state index is -0.191. The average Bonchev–Trinajstić information content (AvgIpc) is 2.58. The van der Waals surface area contributed by atoms with Crippen molar-refractivity contribution in [3.05, 3.63) is 35.4 Å². The number of nitrogens with zero attached hydrogens (tertiary/aromatic N) is 2. The molecule has 0 aliphatic rings. The van der Waals surface area contributed by atoms with Gasteiger partial charge in [-0.3, -0.25) is 10.1 Å². The molecule has 5 heteroatoms. The molecule has 0 heterocycles. The van der Waals surface area contributed by atoms with E-state index < -0.39 is 0 Å². The van der Waals surface area contributed by atoms with Crippen molar-refractivity contribution in [3.63, 3.8) is 0 Å². The van der Waals surface area contributed by atoms with Crippen LogP contribution in [0.15, 0.2) is 29.3 Å². The Morgan fingerprint density at radius 3 is 2.54 bits per heavy atom. The van der Waals surface area contributed by atoms with Crippen molar-refractivity contribution < 1.29 is 9.53 Å². The molecule has 0 radical (unpaired) electrons. The van der Waals surface area contributed by atoms with E-state index in [1.807, 2.05) is 32.0 Å². The minimum absolute atomic E-state index is 0.104. The van der Waals surface area contributed by atoms with Crippen LogP contribution in [0.1, 0.15) is 49.5 Å². The van der Waals surface area contributed by atoms with E-state index in [0.29, 0.717) is 5.56 Å². The number of amides is 1. The normalized spacial score (nSPS) is 13.0. The molecule has 0 aromatic heterocycles. The molecule has 0 unspecified atom stereocenters. The van der Waals surface area contributed by atoms with E-state index in [1.54, 1.807) is 6.07 Å². The average molecular weight is 333 g/mol. The fourth-order valence-corrected chi connectivity index (χ4v) is 2.54. The Hall–Kier alpha value is -1.88. The van der Waals surface area contributed by atoms with Gasteiger partial charge in [-0.05, 0) is 58.0 Å². The topological polar surface area (TPSA) is 53.9 Å². The van der Waals surface area contributed by atoms with Crippen LogP contribution in [0, 0.1) is 6.92 Å². The monoisotopic (exact) mass is 333 g/mol. The lowest BCUT2D eigenvalue weighted by molar-refractivity contribution is 0.0967. The molecule has 1 aromatic carbocycles. The summed E-state index contributed by atoms with van der Waals surface area (Å²) >= 11 is 0. The zero-order chi connectivity index (χ0) is 17.9. The highest BCUT2D eigenvalue weighted by Crippen LogP contribution is 2.07. The molecule has 0 saturated carbocycles. The molecule has 0 aliphatic carbocycles. The first kappa shape index (κ1) is 20.2. The SMILES string of the molecule is CCN(CC)CCC[C@@H](C)N=C(NC(=O)c1ccccc1C)OC. The third-order valence-corrected chi connectivity index (χ3v) is 4.13. The quantitative estimate of drug-likeness (QED) is 0.587. The number of aryl methyl sites for hydroxylation is 1. The maximum atomic E-state index is 12.3. The predicted octanol–water partition coefficient (Wildman–Crippen LogP) is 3.24. The van der Waals surface area contributed by atoms with Gasteiger partial charge >= 0.3 is 0 Å². The summed E-state index contributed by atoms with van der Waals surface area (Å²) in [5.41, 5.74) is 1.56. The first-order valence-electron chi connectivity index (χ1n) is 8.72. The Morgan fingerprint density at radius 1 is 1.29 bits per heavy atom.